The highest BCUT2D eigenvalue weighted by atomic mass is 127. The number of hydrogen-bond donors (Lipinski definition) is 1. The molecule has 0 aliphatic carbocycles. The average Bonchev–Trinajstić information content (AvgIpc) is 2.81. The van der Waals surface area contributed by atoms with Gasteiger partial charge in [-0.25, -0.2) is 4.98 Å². The standard InChI is InChI=1S/C16H28N4S.HI/c1-7-17-14(20-11-15(3,4)16(20,5)6)18-9-8-13-19-10-12(2)21-13;/h10H,7-9,11H2,1-6H3,(H,17,18);1H. The fourth-order valence-electron chi connectivity index (χ4n) is 2.57. The van der Waals surface area contributed by atoms with Crippen LogP contribution in [-0.2, 0) is 6.42 Å². The van der Waals surface area contributed by atoms with E-state index in [-0.39, 0.29) is 29.5 Å². The molecule has 0 spiro atoms. The van der Waals surface area contributed by atoms with Crippen LogP contribution in [0.5, 0.6) is 0 Å². The lowest BCUT2D eigenvalue weighted by Crippen LogP contribution is -2.72. The van der Waals surface area contributed by atoms with Gasteiger partial charge in [-0.1, -0.05) is 13.8 Å². The molecule has 0 bridgehead atoms. The Balaban J connectivity index is 0.00000242. The molecule has 0 aromatic carbocycles. The quantitative estimate of drug-likeness (QED) is 0.445. The number of nitrogens with one attached hydrogen (secondary N) is 1. The molecule has 2 heterocycles. The summed E-state index contributed by atoms with van der Waals surface area (Å²) in [6.07, 6.45) is 2.86. The van der Waals surface area contributed by atoms with Crippen LogP contribution in [0.1, 0.15) is 44.5 Å². The first-order valence-electron chi connectivity index (χ1n) is 7.75. The van der Waals surface area contributed by atoms with Crippen LogP contribution < -0.4 is 5.32 Å². The van der Waals surface area contributed by atoms with Gasteiger partial charge in [0.15, 0.2) is 5.96 Å². The summed E-state index contributed by atoms with van der Waals surface area (Å²) >= 11 is 1.77. The molecule has 0 radical (unpaired) electrons. The molecule has 1 fully saturated rings. The molecule has 1 aliphatic heterocycles. The van der Waals surface area contributed by atoms with Crippen molar-refractivity contribution in [2.24, 2.45) is 10.4 Å². The molecule has 1 aliphatic rings. The van der Waals surface area contributed by atoms with Gasteiger partial charge in [-0.05, 0) is 27.7 Å². The van der Waals surface area contributed by atoms with E-state index in [2.05, 4.69) is 56.7 Å². The summed E-state index contributed by atoms with van der Waals surface area (Å²) in [4.78, 5) is 12.9. The largest absolute Gasteiger partial charge is 0.356 e. The van der Waals surface area contributed by atoms with Gasteiger partial charge in [0, 0.05) is 48.1 Å². The van der Waals surface area contributed by atoms with Crippen LogP contribution >= 0.6 is 35.3 Å². The van der Waals surface area contributed by atoms with Crippen LogP contribution in [0.15, 0.2) is 11.2 Å². The summed E-state index contributed by atoms with van der Waals surface area (Å²) in [5.41, 5.74) is 0.474. The smallest absolute Gasteiger partial charge is 0.194 e. The van der Waals surface area contributed by atoms with E-state index in [1.165, 1.54) is 9.88 Å². The number of likely N-dealkylation sites (tertiary alicyclic amines) is 1. The summed E-state index contributed by atoms with van der Waals surface area (Å²) < 4.78 is 0. The zero-order valence-electron chi connectivity index (χ0n) is 14.6. The van der Waals surface area contributed by atoms with Crippen LogP contribution in [0.4, 0.5) is 0 Å². The van der Waals surface area contributed by atoms with Crippen LogP contribution in [0.25, 0.3) is 0 Å². The summed E-state index contributed by atoms with van der Waals surface area (Å²) in [5, 5.41) is 4.60. The molecule has 4 nitrogen and oxygen atoms in total. The van der Waals surface area contributed by atoms with Crippen LogP contribution in [0.3, 0.4) is 0 Å². The highest BCUT2D eigenvalue weighted by Crippen LogP contribution is 2.46. The van der Waals surface area contributed by atoms with Gasteiger partial charge in [0.2, 0.25) is 0 Å². The second kappa shape index (κ2) is 7.47. The predicted octanol–water partition coefficient (Wildman–Crippen LogP) is 3.70. The first-order valence-corrected chi connectivity index (χ1v) is 8.57. The first-order chi connectivity index (χ1) is 9.78. The fraction of sp³-hybridized carbons (Fsp3) is 0.750. The molecule has 0 atom stereocenters. The number of thiazole rings is 1. The summed E-state index contributed by atoms with van der Waals surface area (Å²) in [6.45, 7) is 16.2. The van der Waals surface area contributed by atoms with E-state index < -0.39 is 0 Å². The van der Waals surface area contributed by atoms with E-state index >= 15 is 0 Å². The van der Waals surface area contributed by atoms with Crippen molar-refractivity contribution in [2.75, 3.05) is 19.6 Å². The molecule has 1 aromatic heterocycles. The molecule has 0 amide bonds. The molecule has 0 saturated carbocycles. The van der Waals surface area contributed by atoms with Crippen molar-refractivity contribution >= 4 is 41.3 Å². The van der Waals surface area contributed by atoms with Crippen molar-refractivity contribution in [3.8, 4) is 0 Å². The fourth-order valence-corrected chi connectivity index (χ4v) is 3.35. The molecule has 1 N–H and O–H groups in total. The van der Waals surface area contributed by atoms with Gasteiger partial charge < -0.3 is 10.2 Å². The number of aromatic nitrogens is 1. The SMILES string of the molecule is CCNC(=NCCc1ncc(C)s1)N1CC(C)(C)C1(C)C.I. The summed E-state index contributed by atoms with van der Waals surface area (Å²) in [6, 6.07) is 0. The van der Waals surface area contributed by atoms with Crippen molar-refractivity contribution < 1.29 is 0 Å². The lowest BCUT2D eigenvalue weighted by Gasteiger charge is -2.62. The number of guanidine groups is 1. The normalized spacial score (nSPS) is 19.4. The maximum absolute atomic E-state index is 4.80. The summed E-state index contributed by atoms with van der Waals surface area (Å²) in [5.74, 6) is 1.04. The molecule has 1 saturated heterocycles. The second-order valence-corrected chi connectivity index (χ2v) is 8.20. The van der Waals surface area contributed by atoms with E-state index in [1.807, 2.05) is 6.20 Å². The first kappa shape index (κ1) is 19.7. The maximum Gasteiger partial charge on any atom is 0.194 e. The molecule has 6 heteroatoms. The van der Waals surface area contributed by atoms with Gasteiger partial charge in [-0.3, -0.25) is 4.99 Å². The molecule has 2 rings (SSSR count). The van der Waals surface area contributed by atoms with Crippen LogP contribution in [-0.4, -0.2) is 41.0 Å². The molecule has 0 unspecified atom stereocenters. The van der Waals surface area contributed by atoms with Crippen molar-refractivity contribution in [2.45, 2.75) is 53.5 Å². The van der Waals surface area contributed by atoms with Gasteiger partial charge in [0.05, 0.1) is 5.01 Å². The second-order valence-electron chi connectivity index (χ2n) is 6.88. The van der Waals surface area contributed by atoms with E-state index in [9.17, 15) is 0 Å². The highest BCUT2D eigenvalue weighted by Gasteiger charge is 2.53. The van der Waals surface area contributed by atoms with E-state index in [1.54, 1.807) is 11.3 Å². The Labute approximate surface area is 155 Å². The number of aryl methyl sites for hydroxylation is 1. The number of aliphatic imine (C=N–C) groups is 1. The molecule has 1 aromatic rings. The molecular formula is C16H29IN4S. The minimum atomic E-state index is 0. The number of halogens is 1. The van der Waals surface area contributed by atoms with Gasteiger partial charge in [-0.15, -0.1) is 35.3 Å². The zero-order valence-corrected chi connectivity index (χ0v) is 17.7. The Morgan fingerprint density at radius 2 is 2.09 bits per heavy atom. The lowest BCUT2D eigenvalue weighted by molar-refractivity contribution is -0.0667. The van der Waals surface area contributed by atoms with Gasteiger partial charge in [-0.2, -0.15) is 0 Å². The van der Waals surface area contributed by atoms with Gasteiger partial charge in [0.1, 0.15) is 0 Å². The third-order valence-electron chi connectivity index (χ3n) is 4.73. The van der Waals surface area contributed by atoms with Crippen LogP contribution in [0.2, 0.25) is 0 Å². The minimum absolute atomic E-state index is 0. The minimum Gasteiger partial charge on any atom is -0.356 e. The Morgan fingerprint density at radius 3 is 2.55 bits per heavy atom. The Kier molecular flexibility index (Phi) is 6.68. The molecule has 22 heavy (non-hydrogen) atoms. The van der Waals surface area contributed by atoms with E-state index in [0.717, 1.165) is 32.0 Å². The van der Waals surface area contributed by atoms with Gasteiger partial charge >= 0.3 is 0 Å². The van der Waals surface area contributed by atoms with Crippen molar-refractivity contribution in [1.82, 2.24) is 15.2 Å². The van der Waals surface area contributed by atoms with Crippen molar-refractivity contribution in [3.05, 3.63) is 16.1 Å². The molecule has 126 valence electrons. The third-order valence-corrected chi connectivity index (χ3v) is 5.70. The van der Waals surface area contributed by atoms with Crippen LogP contribution in [0, 0.1) is 12.3 Å². The Bertz CT molecular complexity index is 522. The Hall–Kier alpha value is -0.370. The monoisotopic (exact) mass is 436 g/mol. The number of rotatable bonds is 4. The Morgan fingerprint density at radius 1 is 1.41 bits per heavy atom. The van der Waals surface area contributed by atoms with E-state index in [0.29, 0.717) is 5.41 Å². The highest BCUT2D eigenvalue weighted by molar-refractivity contribution is 14.0. The lowest BCUT2D eigenvalue weighted by atomic mass is 9.65. The number of nitrogens with zero attached hydrogens (tertiary/aromatic N) is 3. The third kappa shape index (κ3) is 3.93. The average molecular weight is 436 g/mol. The number of hydrogen-bond acceptors (Lipinski definition) is 3. The zero-order chi connectivity index (χ0) is 15.7. The van der Waals surface area contributed by atoms with Crippen molar-refractivity contribution in [1.29, 1.82) is 0 Å². The summed E-state index contributed by atoms with van der Waals surface area (Å²) in [7, 11) is 0. The predicted molar refractivity (Wildman–Crippen MR) is 107 cm³/mol. The van der Waals surface area contributed by atoms with Gasteiger partial charge in [0.25, 0.3) is 0 Å². The van der Waals surface area contributed by atoms with E-state index in [4.69, 9.17) is 4.99 Å². The van der Waals surface area contributed by atoms with Crippen molar-refractivity contribution in [3.63, 3.8) is 0 Å². The topological polar surface area (TPSA) is 40.5 Å². The maximum atomic E-state index is 4.80. The molecular weight excluding hydrogens is 407 g/mol.